The van der Waals surface area contributed by atoms with E-state index < -0.39 is 10.0 Å². The Labute approximate surface area is 118 Å². The first-order chi connectivity index (χ1) is 9.34. The number of nitrogens with two attached hydrogens (primary N) is 1. The molecule has 0 aromatic heterocycles. The SMILES string of the molecule is COCCNC(=O)COc1ccc(S(N)(=O)=O)c(C)c1. The highest BCUT2D eigenvalue weighted by Crippen LogP contribution is 2.20. The number of ether oxygens (including phenoxy) is 2. The van der Waals surface area contributed by atoms with Gasteiger partial charge in [-0.3, -0.25) is 4.79 Å². The first kappa shape index (κ1) is 16.4. The molecule has 0 saturated heterocycles. The summed E-state index contributed by atoms with van der Waals surface area (Å²) in [6, 6.07) is 4.32. The molecule has 112 valence electrons. The third-order valence-electron chi connectivity index (χ3n) is 2.45. The van der Waals surface area contributed by atoms with Gasteiger partial charge in [0.05, 0.1) is 11.5 Å². The van der Waals surface area contributed by atoms with Crippen LogP contribution in [0, 0.1) is 6.92 Å². The predicted molar refractivity (Wildman–Crippen MR) is 72.9 cm³/mol. The van der Waals surface area contributed by atoms with E-state index in [1.807, 2.05) is 0 Å². The van der Waals surface area contributed by atoms with Crippen molar-refractivity contribution in [2.75, 3.05) is 26.9 Å². The van der Waals surface area contributed by atoms with Crippen molar-refractivity contribution >= 4 is 15.9 Å². The molecule has 3 N–H and O–H groups in total. The minimum absolute atomic E-state index is 0.0365. The summed E-state index contributed by atoms with van der Waals surface area (Å²) < 4.78 is 32.5. The third-order valence-corrected chi connectivity index (χ3v) is 3.52. The molecule has 0 fully saturated rings. The van der Waals surface area contributed by atoms with Crippen molar-refractivity contribution in [2.45, 2.75) is 11.8 Å². The number of rotatable bonds is 7. The molecule has 0 atom stereocenters. The largest absolute Gasteiger partial charge is 0.484 e. The minimum Gasteiger partial charge on any atom is -0.484 e. The molecule has 1 aromatic carbocycles. The van der Waals surface area contributed by atoms with E-state index in [1.165, 1.54) is 18.2 Å². The molecule has 7 nitrogen and oxygen atoms in total. The fourth-order valence-electron chi connectivity index (χ4n) is 1.52. The average Bonchev–Trinajstić information content (AvgIpc) is 2.35. The van der Waals surface area contributed by atoms with Crippen molar-refractivity contribution in [3.05, 3.63) is 23.8 Å². The molecule has 0 radical (unpaired) electrons. The Balaban J connectivity index is 2.58. The van der Waals surface area contributed by atoms with Gasteiger partial charge in [0.2, 0.25) is 10.0 Å². The van der Waals surface area contributed by atoms with E-state index in [1.54, 1.807) is 14.0 Å². The number of carbonyl (C=O) groups is 1. The Hall–Kier alpha value is -1.64. The zero-order chi connectivity index (χ0) is 15.2. The van der Waals surface area contributed by atoms with Gasteiger partial charge in [-0.15, -0.1) is 0 Å². The van der Waals surface area contributed by atoms with E-state index in [-0.39, 0.29) is 17.4 Å². The molecule has 1 amide bonds. The van der Waals surface area contributed by atoms with Crippen LogP contribution in [0.2, 0.25) is 0 Å². The monoisotopic (exact) mass is 302 g/mol. The van der Waals surface area contributed by atoms with Crippen LogP contribution in [0.1, 0.15) is 5.56 Å². The van der Waals surface area contributed by atoms with Crippen molar-refractivity contribution in [2.24, 2.45) is 5.14 Å². The normalized spacial score (nSPS) is 11.2. The van der Waals surface area contributed by atoms with E-state index in [2.05, 4.69) is 5.32 Å². The Morgan fingerprint density at radius 3 is 2.65 bits per heavy atom. The first-order valence-electron chi connectivity index (χ1n) is 5.86. The van der Waals surface area contributed by atoms with Gasteiger partial charge in [-0.1, -0.05) is 0 Å². The fourth-order valence-corrected chi connectivity index (χ4v) is 2.29. The van der Waals surface area contributed by atoms with Crippen LogP contribution < -0.4 is 15.2 Å². The number of carbonyl (C=O) groups excluding carboxylic acids is 1. The second-order valence-electron chi connectivity index (χ2n) is 4.10. The van der Waals surface area contributed by atoms with Crippen LogP contribution in [-0.4, -0.2) is 41.2 Å². The Bertz CT molecular complexity index is 571. The van der Waals surface area contributed by atoms with E-state index >= 15 is 0 Å². The molecule has 20 heavy (non-hydrogen) atoms. The fraction of sp³-hybridized carbons (Fsp3) is 0.417. The van der Waals surface area contributed by atoms with Crippen LogP contribution in [0.25, 0.3) is 0 Å². The van der Waals surface area contributed by atoms with Crippen LogP contribution in [0.5, 0.6) is 5.75 Å². The third kappa shape index (κ3) is 5.16. The molecule has 1 rings (SSSR count). The molecule has 1 aromatic rings. The van der Waals surface area contributed by atoms with Gasteiger partial charge in [-0.2, -0.15) is 0 Å². The molecular weight excluding hydrogens is 284 g/mol. The van der Waals surface area contributed by atoms with E-state index in [9.17, 15) is 13.2 Å². The van der Waals surface area contributed by atoms with Crippen LogP contribution in [0.4, 0.5) is 0 Å². The molecular formula is C12H18N2O5S. The molecule has 0 aliphatic rings. The topological polar surface area (TPSA) is 108 Å². The maximum Gasteiger partial charge on any atom is 0.258 e. The quantitative estimate of drug-likeness (QED) is 0.677. The number of hydrogen-bond donors (Lipinski definition) is 2. The summed E-state index contributed by atoms with van der Waals surface area (Å²) in [4.78, 5) is 11.4. The van der Waals surface area contributed by atoms with E-state index in [4.69, 9.17) is 14.6 Å². The van der Waals surface area contributed by atoms with Gasteiger partial charge < -0.3 is 14.8 Å². The predicted octanol–water partition coefficient (Wildman–Crippen LogP) is -0.216. The second-order valence-corrected chi connectivity index (χ2v) is 5.63. The van der Waals surface area contributed by atoms with Crippen molar-refractivity contribution in [3.8, 4) is 5.75 Å². The van der Waals surface area contributed by atoms with Gasteiger partial charge in [-0.25, -0.2) is 13.6 Å². The second kappa shape index (κ2) is 7.22. The number of primary sulfonamides is 1. The lowest BCUT2D eigenvalue weighted by Crippen LogP contribution is -2.31. The molecule has 0 bridgehead atoms. The zero-order valence-electron chi connectivity index (χ0n) is 11.4. The zero-order valence-corrected chi connectivity index (χ0v) is 12.2. The highest BCUT2D eigenvalue weighted by molar-refractivity contribution is 7.89. The maximum atomic E-state index is 11.4. The highest BCUT2D eigenvalue weighted by atomic mass is 32.2. The van der Waals surface area contributed by atoms with Gasteiger partial charge in [0.15, 0.2) is 6.61 Å². The van der Waals surface area contributed by atoms with Crippen molar-refractivity contribution in [1.82, 2.24) is 5.32 Å². The summed E-state index contributed by atoms with van der Waals surface area (Å²) in [5.41, 5.74) is 0.463. The maximum absolute atomic E-state index is 11.4. The number of hydrogen-bond acceptors (Lipinski definition) is 5. The molecule has 0 heterocycles. The van der Waals surface area contributed by atoms with Crippen LogP contribution in [0.15, 0.2) is 23.1 Å². The average molecular weight is 302 g/mol. The molecule has 0 unspecified atom stereocenters. The standard InChI is InChI=1S/C12H18N2O5S/c1-9-7-10(3-4-11(9)20(13,16)17)19-8-12(15)14-5-6-18-2/h3-4,7H,5-6,8H2,1-2H3,(H,14,15)(H2,13,16,17). The Morgan fingerprint density at radius 2 is 2.10 bits per heavy atom. The van der Waals surface area contributed by atoms with Gasteiger partial charge in [0.1, 0.15) is 5.75 Å². The van der Waals surface area contributed by atoms with Crippen LogP contribution >= 0.6 is 0 Å². The van der Waals surface area contributed by atoms with Crippen molar-refractivity contribution < 1.29 is 22.7 Å². The Morgan fingerprint density at radius 1 is 1.40 bits per heavy atom. The minimum atomic E-state index is -3.75. The van der Waals surface area contributed by atoms with Crippen molar-refractivity contribution in [3.63, 3.8) is 0 Å². The summed E-state index contributed by atoms with van der Waals surface area (Å²) in [5, 5.41) is 7.65. The van der Waals surface area contributed by atoms with Gasteiger partial charge >= 0.3 is 0 Å². The van der Waals surface area contributed by atoms with E-state index in [0.717, 1.165) is 0 Å². The summed E-state index contributed by atoms with van der Waals surface area (Å²) in [7, 11) is -2.21. The van der Waals surface area contributed by atoms with Crippen LogP contribution in [-0.2, 0) is 19.6 Å². The molecule has 8 heteroatoms. The molecule has 0 aliphatic heterocycles. The van der Waals surface area contributed by atoms with Crippen molar-refractivity contribution in [1.29, 1.82) is 0 Å². The van der Waals surface area contributed by atoms with E-state index in [0.29, 0.717) is 24.5 Å². The molecule has 0 saturated carbocycles. The number of aryl methyl sites for hydroxylation is 1. The van der Waals surface area contributed by atoms with Gasteiger partial charge in [-0.05, 0) is 30.7 Å². The lowest BCUT2D eigenvalue weighted by atomic mass is 10.2. The van der Waals surface area contributed by atoms with Gasteiger partial charge in [0.25, 0.3) is 5.91 Å². The number of sulfonamides is 1. The number of nitrogens with one attached hydrogen (secondary N) is 1. The number of benzene rings is 1. The lowest BCUT2D eigenvalue weighted by molar-refractivity contribution is -0.123. The summed E-state index contributed by atoms with van der Waals surface area (Å²) in [5.74, 6) is 0.118. The van der Waals surface area contributed by atoms with Crippen LogP contribution in [0.3, 0.4) is 0 Å². The summed E-state index contributed by atoms with van der Waals surface area (Å²) >= 11 is 0. The first-order valence-corrected chi connectivity index (χ1v) is 7.41. The molecule has 0 aliphatic carbocycles. The summed E-state index contributed by atoms with van der Waals surface area (Å²) in [6.45, 7) is 2.28. The Kier molecular flexibility index (Phi) is 5.93. The smallest absolute Gasteiger partial charge is 0.258 e. The number of amides is 1. The summed E-state index contributed by atoms with van der Waals surface area (Å²) in [6.07, 6.45) is 0. The lowest BCUT2D eigenvalue weighted by Gasteiger charge is -2.09. The number of methoxy groups -OCH3 is 1. The van der Waals surface area contributed by atoms with Gasteiger partial charge in [0, 0.05) is 13.7 Å². The molecule has 0 spiro atoms. The highest BCUT2D eigenvalue weighted by Gasteiger charge is 2.12.